The van der Waals surface area contributed by atoms with Gasteiger partial charge in [-0.05, 0) is 31.2 Å². The summed E-state index contributed by atoms with van der Waals surface area (Å²) < 4.78 is 10.9. The fourth-order valence-electron chi connectivity index (χ4n) is 1.37. The first-order valence-corrected chi connectivity index (χ1v) is 6.00. The summed E-state index contributed by atoms with van der Waals surface area (Å²) in [5.41, 5.74) is 2.33. The Hall–Kier alpha value is -2.05. The lowest BCUT2D eigenvalue weighted by Gasteiger charge is -2.08. The number of nitrogens with two attached hydrogens (primary N) is 1. The molecule has 0 aliphatic rings. The van der Waals surface area contributed by atoms with E-state index in [1.54, 1.807) is 24.3 Å². The van der Waals surface area contributed by atoms with E-state index < -0.39 is 0 Å². The number of halogens is 1. The molecule has 1 heterocycles. The first kappa shape index (κ1) is 13.4. The van der Waals surface area contributed by atoms with E-state index in [4.69, 9.17) is 26.9 Å². The first-order chi connectivity index (χ1) is 9.22. The van der Waals surface area contributed by atoms with Crippen LogP contribution >= 0.6 is 11.6 Å². The van der Waals surface area contributed by atoms with Crippen molar-refractivity contribution in [1.82, 2.24) is 9.97 Å². The average Bonchev–Trinajstić information content (AvgIpc) is 2.44. The van der Waals surface area contributed by atoms with E-state index in [0.29, 0.717) is 17.4 Å². The summed E-state index contributed by atoms with van der Waals surface area (Å²) in [6.45, 7) is 2.54. The molecule has 0 fully saturated rings. The zero-order chi connectivity index (χ0) is 13.7. The molecule has 0 unspecified atom stereocenters. The van der Waals surface area contributed by atoms with Gasteiger partial charge in [0.1, 0.15) is 16.5 Å². The minimum atomic E-state index is 0.227. The Morgan fingerprint density at radius 1 is 1.26 bits per heavy atom. The molecular formula is C12H13ClN4O2. The Bertz CT molecular complexity index is 548. The molecule has 100 valence electrons. The van der Waals surface area contributed by atoms with Crippen molar-refractivity contribution in [2.45, 2.75) is 6.92 Å². The van der Waals surface area contributed by atoms with E-state index in [0.717, 1.165) is 5.75 Å². The van der Waals surface area contributed by atoms with Crippen molar-refractivity contribution in [2.24, 2.45) is 5.84 Å². The van der Waals surface area contributed by atoms with E-state index >= 15 is 0 Å². The molecule has 3 N–H and O–H groups in total. The summed E-state index contributed by atoms with van der Waals surface area (Å²) in [7, 11) is 0. The van der Waals surface area contributed by atoms with Crippen molar-refractivity contribution < 1.29 is 9.47 Å². The molecule has 1 aromatic carbocycles. The minimum absolute atomic E-state index is 0.227. The van der Waals surface area contributed by atoms with Gasteiger partial charge in [-0.25, -0.2) is 10.8 Å². The number of nitrogens with zero attached hydrogens (tertiary/aromatic N) is 2. The number of ether oxygens (including phenoxy) is 2. The Balaban J connectivity index is 2.16. The zero-order valence-corrected chi connectivity index (χ0v) is 11.0. The third-order valence-corrected chi connectivity index (χ3v) is 2.45. The normalized spacial score (nSPS) is 10.1. The number of aromatic nitrogens is 2. The largest absolute Gasteiger partial charge is 0.494 e. The van der Waals surface area contributed by atoms with Crippen molar-refractivity contribution in [3.8, 4) is 17.4 Å². The standard InChI is InChI=1S/C12H13ClN4O2/c1-2-18-8-3-5-9(6-4-8)19-11-10(13)7-15-12(16-11)17-14/h3-7H,2,14H2,1H3,(H,15,16,17). The predicted molar refractivity (Wildman–Crippen MR) is 72.5 cm³/mol. The summed E-state index contributed by atoms with van der Waals surface area (Å²) in [5.74, 6) is 7.04. The van der Waals surface area contributed by atoms with E-state index in [2.05, 4.69) is 15.4 Å². The van der Waals surface area contributed by atoms with Crippen LogP contribution in [-0.2, 0) is 0 Å². The lowest BCUT2D eigenvalue weighted by Crippen LogP contribution is -2.10. The molecule has 2 aromatic rings. The summed E-state index contributed by atoms with van der Waals surface area (Å²) in [6, 6.07) is 7.13. The van der Waals surface area contributed by atoms with Crippen LogP contribution in [0.25, 0.3) is 0 Å². The Kier molecular flexibility index (Phi) is 4.38. The molecule has 0 bridgehead atoms. The Morgan fingerprint density at radius 3 is 2.58 bits per heavy atom. The molecule has 0 amide bonds. The molecule has 7 heteroatoms. The highest BCUT2D eigenvalue weighted by molar-refractivity contribution is 6.31. The molecule has 0 aliphatic carbocycles. The van der Waals surface area contributed by atoms with Crippen LogP contribution in [0, 0.1) is 0 Å². The molecule has 0 spiro atoms. The van der Waals surface area contributed by atoms with Crippen LogP contribution < -0.4 is 20.7 Å². The number of nitrogen functional groups attached to an aromatic ring is 1. The van der Waals surface area contributed by atoms with Crippen LogP contribution in [0.1, 0.15) is 6.92 Å². The van der Waals surface area contributed by atoms with Gasteiger partial charge in [0.15, 0.2) is 0 Å². The number of hydrogen-bond donors (Lipinski definition) is 2. The van der Waals surface area contributed by atoms with Gasteiger partial charge in [0.2, 0.25) is 11.8 Å². The van der Waals surface area contributed by atoms with Gasteiger partial charge in [0.05, 0.1) is 12.8 Å². The maximum atomic E-state index is 5.94. The molecule has 0 saturated carbocycles. The van der Waals surface area contributed by atoms with Crippen LogP contribution in [-0.4, -0.2) is 16.6 Å². The highest BCUT2D eigenvalue weighted by Gasteiger charge is 2.07. The van der Waals surface area contributed by atoms with Gasteiger partial charge >= 0.3 is 0 Å². The first-order valence-electron chi connectivity index (χ1n) is 5.62. The average molecular weight is 281 g/mol. The van der Waals surface area contributed by atoms with Crippen molar-refractivity contribution in [3.63, 3.8) is 0 Å². The lowest BCUT2D eigenvalue weighted by atomic mass is 10.3. The monoisotopic (exact) mass is 280 g/mol. The number of hydrogen-bond acceptors (Lipinski definition) is 6. The van der Waals surface area contributed by atoms with E-state index in [1.165, 1.54) is 6.20 Å². The maximum Gasteiger partial charge on any atom is 0.243 e. The van der Waals surface area contributed by atoms with Gasteiger partial charge < -0.3 is 9.47 Å². The van der Waals surface area contributed by atoms with E-state index in [1.807, 2.05) is 6.92 Å². The van der Waals surface area contributed by atoms with Crippen molar-refractivity contribution in [3.05, 3.63) is 35.5 Å². The number of anilines is 1. The fraction of sp³-hybridized carbons (Fsp3) is 0.167. The summed E-state index contributed by atoms with van der Waals surface area (Å²) in [4.78, 5) is 7.87. The van der Waals surface area contributed by atoms with E-state index in [-0.39, 0.29) is 11.8 Å². The number of benzene rings is 1. The molecule has 6 nitrogen and oxygen atoms in total. The summed E-state index contributed by atoms with van der Waals surface area (Å²) in [5, 5.41) is 0.299. The van der Waals surface area contributed by atoms with Gasteiger partial charge in [-0.2, -0.15) is 4.98 Å². The fourth-order valence-corrected chi connectivity index (χ4v) is 1.50. The van der Waals surface area contributed by atoms with Crippen molar-refractivity contribution >= 4 is 17.5 Å². The molecule has 0 atom stereocenters. The quantitative estimate of drug-likeness (QED) is 0.647. The highest BCUT2D eigenvalue weighted by Crippen LogP contribution is 2.28. The van der Waals surface area contributed by atoms with Crippen LogP contribution in [0.2, 0.25) is 5.02 Å². The maximum absolute atomic E-state index is 5.94. The Morgan fingerprint density at radius 2 is 1.95 bits per heavy atom. The SMILES string of the molecule is CCOc1ccc(Oc2nc(NN)ncc2Cl)cc1. The molecule has 0 saturated heterocycles. The lowest BCUT2D eigenvalue weighted by molar-refractivity contribution is 0.339. The second-order valence-electron chi connectivity index (χ2n) is 3.50. The molecule has 2 rings (SSSR count). The second-order valence-corrected chi connectivity index (χ2v) is 3.90. The van der Waals surface area contributed by atoms with Gasteiger partial charge in [-0.1, -0.05) is 11.6 Å². The molecular weight excluding hydrogens is 268 g/mol. The van der Waals surface area contributed by atoms with E-state index in [9.17, 15) is 0 Å². The number of nitrogens with one attached hydrogen (secondary N) is 1. The van der Waals surface area contributed by atoms with Gasteiger partial charge in [0, 0.05) is 0 Å². The van der Waals surface area contributed by atoms with Crippen molar-refractivity contribution in [1.29, 1.82) is 0 Å². The van der Waals surface area contributed by atoms with Gasteiger partial charge in [-0.3, -0.25) is 5.43 Å². The highest BCUT2D eigenvalue weighted by atomic mass is 35.5. The summed E-state index contributed by atoms with van der Waals surface area (Å²) in [6.07, 6.45) is 1.41. The Labute approximate surface area is 115 Å². The van der Waals surface area contributed by atoms with Crippen LogP contribution in [0.5, 0.6) is 17.4 Å². The predicted octanol–water partition coefficient (Wildman–Crippen LogP) is 2.61. The molecule has 0 aliphatic heterocycles. The zero-order valence-electron chi connectivity index (χ0n) is 10.3. The minimum Gasteiger partial charge on any atom is -0.494 e. The second kappa shape index (κ2) is 6.21. The molecule has 1 aromatic heterocycles. The number of hydrazine groups is 1. The third kappa shape index (κ3) is 3.46. The topological polar surface area (TPSA) is 82.3 Å². The van der Waals surface area contributed by atoms with Crippen LogP contribution in [0.4, 0.5) is 5.95 Å². The van der Waals surface area contributed by atoms with Crippen molar-refractivity contribution in [2.75, 3.05) is 12.0 Å². The third-order valence-electron chi connectivity index (χ3n) is 2.19. The molecule has 19 heavy (non-hydrogen) atoms. The smallest absolute Gasteiger partial charge is 0.243 e. The molecule has 0 radical (unpaired) electrons. The van der Waals surface area contributed by atoms with Crippen LogP contribution in [0.3, 0.4) is 0 Å². The van der Waals surface area contributed by atoms with Crippen LogP contribution in [0.15, 0.2) is 30.5 Å². The number of rotatable bonds is 5. The van der Waals surface area contributed by atoms with Gasteiger partial charge in [0.25, 0.3) is 0 Å². The van der Waals surface area contributed by atoms with Gasteiger partial charge in [-0.15, -0.1) is 0 Å². The summed E-state index contributed by atoms with van der Waals surface area (Å²) >= 11 is 5.94.